The van der Waals surface area contributed by atoms with Crippen LogP contribution in [-0.2, 0) is 11.3 Å². The Bertz CT molecular complexity index is 910. The number of amides is 1. The highest BCUT2D eigenvalue weighted by molar-refractivity contribution is 7.21. The van der Waals surface area contributed by atoms with Gasteiger partial charge in [0.1, 0.15) is 5.82 Å². The number of rotatable bonds is 5. The van der Waals surface area contributed by atoms with Gasteiger partial charge in [0.2, 0.25) is 0 Å². The van der Waals surface area contributed by atoms with Crippen LogP contribution in [0.5, 0.6) is 0 Å². The average Bonchev–Trinajstić information content (AvgIpc) is 3.20. The van der Waals surface area contributed by atoms with E-state index in [0.717, 1.165) is 9.58 Å². The summed E-state index contributed by atoms with van der Waals surface area (Å²) < 4.78 is 20.3. The summed E-state index contributed by atoms with van der Waals surface area (Å²) in [5, 5.41) is 5.64. The first-order valence-electron chi connectivity index (χ1n) is 8.36. The van der Waals surface area contributed by atoms with Crippen molar-refractivity contribution in [2.45, 2.75) is 33.4 Å². The second kappa shape index (κ2) is 7.47. The standard InChI is InChI=1S/C20H22FNO2S2/c1-20(2,3)18(15-9-6-10-25-15)22-19(23)17-12(11-24-4)16-13(21)7-5-8-14(16)26-17/h5-10,18H,11H2,1-4H3,(H,22,23). The molecule has 3 rings (SSSR count). The summed E-state index contributed by atoms with van der Waals surface area (Å²) in [5.74, 6) is -0.513. The van der Waals surface area contributed by atoms with E-state index in [0.29, 0.717) is 15.8 Å². The lowest BCUT2D eigenvalue weighted by Gasteiger charge is -2.30. The topological polar surface area (TPSA) is 38.3 Å². The van der Waals surface area contributed by atoms with E-state index in [4.69, 9.17) is 4.74 Å². The number of fused-ring (bicyclic) bond motifs is 1. The van der Waals surface area contributed by atoms with Crippen LogP contribution in [0.1, 0.15) is 46.9 Å². The summed E-state index contributed by atoms with van der Waals surface area (Å²) in [6.07, 6.45) is 0. The second-order valence-electron chi connectivity index (χ2n) is 7.24. The molecule has 2 heterocycles. The average molecular weight is 392 g/mol. The first-order chi connectivity index (χ1) is 12.3. The number of methoxy groups -OCH3 is 1. The van der Waals surface area contributed by atoms with Crippen molar-refractivity contribution in [3.63, 3.8) is 0 Å². The predicted molar refractivity (Wildman–Crippen MR) is 106 cm³/mol. The predicted octanol–water partition coefficient (Wildman–Crippen LogP) is 5.77. The lowest BCUT2D eigenvalue weighted by molar-refractivity contribution is 0.0903. The minimum atomic E-state index is -0.324. The molecule has 1 aromatic carbocycles. The monoisotopic (exact) mass is 391 g/mol. The highest BCUT2D eigenvalue weighted by Gasteiger charge is 2.30. The van der Waals surface area contributed by atoms with Crippen LogP contribution in [0.15, 0.2) is 35.7 Å². The van der Waals surface area contributed by atoms with Crippen LogP contribution in [0.4, 0.5) is 4.39 Å². The smallest absolute Gasteiger partial charge is 0.262 e. The maximum Gasteiger partial charge on any atom is 0.262 e. The lowest BCUT2D eigenvalue weighted by Crippen LogP contribution is -2.36. The van der Waals surface area contributed by atoms with Crippen LogP contribution < -0.4 is 5.32 Å². The number of carbonyl (C=O) groups excluding carboxylic acids is 1. The van der Waals surface area contributed by atoms with Gasteiger partial charge in [-0.25, -0.2) is 4.39 Å². The quantitative estimate of drug-likeness (QED) is 0.600. The van der Waals surface area contributed by atoms with Crippen LogP contribution >= 0.6 is 22.7 Å². The van der Waals surface area contributed by atoms with Gasteiger partial charge in [-0.05, 0) is 29.0 Å². The van der Waals surface area contributed by atoms with Crippen LogP contribution in [0.2, 0.25) is 0 Å². The molecule has 6 heteroatoms. The van der Waals surface area contributed by atoms with E-state index in [-0.39, 0.29) is 29.8 Å². The molecule has 0 aliphatic heterocycles. The number of thiophene rings is 2. The van der Waals surface area contributed by atoms with Gasteiger partial charge in [-0.15, -0.1) is 22.7 Å². The molecule has 2 aromatic heterocycles. The fourth-order valence-electron chi connectivity index (χ4n) is 3.00. The highest BCUT2D eigenvalue weighted by Crippen LogP contribution is 2.37. The molecule has 0 saturated heterocycles. The van der Waals surface area contributed by atoms with E-state index in [9.17, 15) is 9.18 Å². The zero-order valence-electron chi connectivity index (χ0n) is 15.3. The molecule has 0 aliphatic rings. The molecule has 1 amide bonds. The SMILES string of the molecule is COCc1c(C(=O)NC(c2cccs2)C(C)(C)C)sc2cccc(F)c12. The maximum absolute atomic E-state index is 14.3. The normalized spacial score (nSPS) is 13.1. The van der Waals surface area contributed by atoms with E-state index >= 15 is 0 Å². The number of hydrogen-bond acceptors (Lipinski definition) is 4. The van der Waals surface area contributed by atoms with Gasteiger partial charge in [0.15, 0.2) is 0 Å². The third kappa shape index (κ3) is 3.68. The van der Waals surface area contributed by atoms with E-state index in [1.165, 1.54) is 17.4 Å². The van der Waals surface area contributed by atoms with E-state index in [1.54, 1.807) is 24.5 Å². The van der Waals surface area contributed by atoms with Crippen molar-refractivity contribution in [1.29, 1.82) is 0 Å². The molecular formula is C20H22FNO2S2. The molecule has 1 atom stereocenters. The molecule has 26 heavy (non-hydrogen) atoms. The molecule has 3 nitrogen and oxygen atoms in total. The zero-order chi connectivity index (χ0) is 18.9. The lowest BCUT2D eigenvalue weighted by atomic mass is 9.85. The number of halogens is 1. The van der Waals surface area contributed by atoms with Gasteiger partial charge in [-0.3, -0.25) is 4.79 Å². The molecule has 3 aromatic rings. The van der Waals surface area contributed by atoms with Gasteiger partial charge in [0, 0.05) is 27.6 Å². The highest BCUT2D eigenvalue weighted by atomic mass is 32.1. The molecule has 0 saturated carbocycles. The van der Waals surface area contributed by atoms with Crippen molar-refractivity contribution in [2.75, 3.05) is 7.11 Å². The second-order valence-corrected chi connectivity index (χ2v) is 9.28. The summed E-state index contributed by atoms with van der Waals surface area (Å²) in [7, 11) is 1.55. The third-order valence-corrected chi connectivity index (χ3v) is 6.36. The molecule has 1 unspecified atom stereocenters. The van der Waals surface area contributed by atoms with Crippen molar-refractivity contribution >= 4 is 38.7 Å². The molecule has 0 fully saturated rings. The number of carbonyl (C=O) groups is 1. The largest absolute Gasteiger partial charge is 0.380 e. The Kier molecular flexibility index (Phi) is 5.46. The number of hydrogen-bond donors (Lipinski definition) is 1. The molecular weight excluding hydrogens is 369 g/mol. The van der Waals surface area contributed by atoms with Gasteiger partial charge < -0.3 is 10.1 Å². The van der Waals surface area contributed by atoms with E-state index < -0.39 is 0 Å². The Labute approximate surface area is 160 Å². The van der Waals surface area contributed by atoms with Crippen LogP contribution in [0, 0.1) is 11.2 Å². The first kappa shape index (κ1) is 19.0. The Hall–Kier alpha value is -1.76. The van der Waals surface area contributed by atoms with Crippen molar-refractivity contribution in [3.05, 3.63) is 56.8 Å². The Morgan fingerprint density at radius 1 is 1.27 bits per heavy atom. The van der Waals surface area contributed by atoms with Crippen LogP contribution in [0.3, 0.4) is 0 Å². The molecule has 0 spiro atoms. The van der Waals surface area contributed by atoms with Gasteiger partial charge in [0.05, 0.1) is 17.5 Å². The van der Waals surface area contributed by atoms with Gasteiger partial charge in [-0.1, -0.05) is 32.9 Å². The summed E-state index contributed by atoms with van der Waals surface area (Å²) >= 11 is 2.93. The van der Waals surface area contributed by atoms with Crippen molar-refractivity contribution < 1.29 is 13.9 Å². The van der Waals surface area contributed by atoms with Crippen molar-refractivity contribution in [2.24, 2.45) is 5.41 Å². The Morgan fingerprint density at radius 3 is 2.65 bits per heavy atom. The first-order valence-corrected chi connectivity index (χ1v) is 10.1. The molecule has 1 N–H and O–H groups in total. The van der Waals surface area contributed by atoms with E-state index in [1.807, 2.05) is 23.6 Å². The molecule has 0 aliphatic carbocycles. The number of nitrogens with one attached hydrogen (secondary N) is 1. The fraction of sp³-hybridized carbons (Fsp3) is 0.350. The summed E-state index contributed by atoms with van der Waals surface area (Å²) in [4.78, 5) is 14.7. The Morgan fingerprint density at radius 2 is 2.04 bits per heavy atom. The molecule has 138 valence electrons. The van der Waals surface area contributed by atoms with Crippen LogP contribution in [-0.4, -0.2) is 13.0 Å². The fourth-order valence-corrected chi connectivity index (χ4v) is 5.14. The number of ether oxygens (including phenoxy) is 1. The van der Waals surface area contributed by atoms with Gasteiger partial charge in [-0.2, -0.15) is 0 Å². The van der Waals surface area contributed by atoms with Crippen LogP contribution in [0.25, 0.3) is 10.1 Å². The molecule has 0 radical (unpaired) electrons. The minimum Gasteiger partial charge on any atom is -0.380 e. The van der Waals surface area contributed by atoms with Gasteiger partial charge in [0.25, 0.3) is 5.91 Å². The number of benzene rings is 1. The summed E-state index contributed by atoms with van der Waals surface area (Å²) in [6.45, 7) is 6.48. The van der Waals surface area contributed by atoms with Crippen molar-refractivity contribution in [3.8, 4) is 0 Å². The summed E-state index contributed by atoms with van der Waals surface area (Å²) in [6, 6.07) is 8.80. The summed E-state index contributed by atoms with van der Waals surface area (Å²) in [5.41, 5.74) is 0.464. The molecule has 0 bridgehead atoms. The Balaban J connectivity index is 2.01. The van der Waals surface area contributed by atoms with E-state index in [2.05, 4.69) is 26.1 Å². The minimum absolute atomic E-state index is 0.125. The van der Waals surface area contributed by atoms with Gasteiger partial charge >= 0.3 is 0 Å². The third-order valence-electron chi connectivity index (χ3n) is 4.23. The van der Waals surface area contributed by atoms with Crippen molar-refractivity contribution in [1.82, 2.24) is 5.32 Å². The zero-order valence-corrected chi connectivity index (χ0v) is 16.9. The maximum atomic E-state index is 14.3.